The molecule has 4 N–H and O–H groups in total. The summed E-state index contributed by atoms with van der Waals surface area (Å²) in [6.45, 7) is 1.80. The minimum absolute atomic E-state index is 0.167. The van der Waals surface area contributed by atoms with E-state index < -0.39 is 0 Å². The van der Waals surface area contributed by atoms with Crippen LogP contribution in [0.3, 0.4) is 0 Å². The van der Waals surface area contributed by atoms with Gasteiger partial charge in [0.15, 0.2) is 0 Å². The summed E-state index contributed by atoms with van der Waals surface area (Å²) in [7, 11) is 1.57. The second-order valence-corrected chi connectivity index (χ2v) is 4.63. The lowest BCUT2D eigenvalue weighted by Gasteiger charge is -2.09. The Labute approximate surface area is 123 Å². The third-order valence-electron chi connectivity index (χ3n) is 3.25. The van der Waals surface area contributed by atoms with E-state index >= 15 is 0 Å². The molecule has 0 radical (unpaired) electrons. The lowest BCUT2D eigenvalue weighted by molar-refractivity contribution is 0.0962. The number of benzene rings is 2. The minimum Gasteiger partial charge on any atom is -0.398 e. The van der Waals surface area contributed by atoms with Crippen molar-refractivity contribution in [3.63, 3.8) is 0 Å². The molecule has 0 aromatic heterocycles. The molecule has 0 heterocycles. The van der Waals surface area contributed by atoms with Gasteiger partial charge in [0.1, 0.15) is 0 Å². The molecule has 5 nitrogen and oxygen atoms in total. The summed E-state index contributed by atoms with van der Waals surface area (Å²) in [5.41, 5.74) is 8.81. The Kier molecular flexibility index (Phi) is 4.23. The Morgan fingerprint density at radius 1 is 1.00 bits per heavy atom. The molecule has 2 amide bonds. The van der Waals surface area contributed by atoms with Gasteiger partial charge in [0.2, 0.25) is 0 Å². The van der Waals surface area contributed by atoms with E-state index in [1.807, 2.05) is 0 Å². The van der Waals surface area contributed by atoms with Gasteiger partial charge in [-0.15, -0.1) is 0 Å². The van der Waals surface area contributed by atoms with Gasteiger partial charge in [0, 0.05) is 29.5 Å². The van der Waals surface area contributed by atoms with Crippen LogP contribution in [0.1, 0.15) is 26.3 Å². The molecule has 0 atom stereocenters. The van der Waals surface area contributed by atoms with Crippen molar-refractivity contribution in [2.75, 3.05) is 18.1 Å². The lowest BCUT2D eigenvalue weighted by Crippen LogP contribution is -2.18. The molecule has 0 saturated heterocycles. The highest BCUT2D eigenvalue weighted by molar-refractivity contribution is 6.06. The van der Waals surface area contributed by atoms with Gasteiger partial charge in [0.25, 0.3) is 11.8 Å². The first-order valence-corrected chi connectivity index (χ1v) is 6.51. The molecule has 5 heteroatoms. The van der Waals surface area contributed by atoms with Gasteiger partial charge >= 0.3 is 0 Å². The van der Waals surface area contributed by atoms with Gasteiger partial charge < -0.3 is 16.4 Å². The molecule has 0 spiro atoms. The van der Waals surface area contributed by atoms with Crippen molar-refractivity contribution >= 4 is 23.2 Å². The fraction of sp³-hybridized carbons (Fsp3) is 0.125. The topological polar surface area (TPSA) is 84.2 Å². The van der Waals surface area contributed by atoms with Crippen LogP contribution in [0, 0.1) is 6.92 Å². The van der Waals surface area contributed by atoms with Crippen molar-refractivity contribution in [1.82, 2.24) is 5.32 Å². The molecular weight excluding hydrogens is 266 g/mol. The zero-order valence-corrected chi connectivity index (χ0v) is 11.9. The van der Waals surface area contributed by atoms with E-state index in [-0.39, 0.29) is 11.8 Å². The van der Waals surface area contributed by atoms with Crippen molar-refractivity contribution in [2.45, 2.75) is 6.92 Å². The second kappa shape index (κ2) is 6.09. The van der Waals surface area contributed by atoms with Crippen LogP contribution in [0.15, 0.2) is 42.5 Å². The Balaban J connectivity index is 2.16. The van der Waals surface area contributed by atoms with Gasteiger partial charge in [0.05, 0.1) is 0 Å². The van der Waals surface area contributed by atoms with E-state index in [4.69, 9.17) is 5.73 Å². The highest BCUT2D eigenvalue weighted by atomic mass is 16.2. The van der Waals surface area contributed by atoms with Gasteiger partial charge in [-0.3, -0.25) is 9.59 Å². The van der Waals surface area contributed by atoms with Gasteiger partial charge in [-0.05, 0) is 48.9 Å². The fourth-order valence-electron chi connectivity index (χ4n) is 1.95. The number of nitrogens with two attached hydrogens (primary N) is 1. The SMILES string of the molecule is CNC(=O)c1ccc(NC(=O)c2cccc(N)c2C)cc1. The summed E-state index contributed by atoms with van der Waals surface area (Å²) in [5.74, 6) is -0.396. The molecule has 2 aromatic carbocycles. The van der Waals surface area contributed by atoms with Crippen molar-refractivity contribution < 1.29 is 9.59 Å². The summed E-state index contributed by atoms with van der Waals surface area (Å²) < 4.78 is 0. The van der Waals surface area contributed by atoms with Crippen molar-refractivity contribution in [3.8, 4) is 0 Å². The van der Waals surface area contributed by atoms with Crippen molar-refractivity contribution in [1.29, 1.82) is 0 Å². The normalized spacial score (nSPS) is 10.0. The number of hydrogen-bond acceptors (Lipinski definition) is 3. The van der Waals surface area contributed by atoms with Crippen molar-refractivity contribution in [2.24, 2.45) is 0 Å². The van der Waals surface area contributed by atoms with E-state index in [1.165, 1.54) is 0 Å². The molecule has 0 bridgehead atoms. The first-order valence-electron chi connectivity index (χ1n) is 6.51. The van der Waals surface area contributed by atoms with Crippen LogP contribution in [-0.4, -0.2) is 18.9 Å². The second-order valence-electron chi connectivity index (χ2n) is 4.63. The summed E-state index contributed by atoms with van der Waals surface area (Å²) in [6.07, 6.45) is 0. The number of anilines is 2. The summed E-state index contributed by atoms with van der Waals surface area (Å²) in [5, 5.41) is 5.33. The minimum atomic E-state index is -0.229. The molecule has 108 valence electrons. The van der Waals surface area contributed by atoms with Gasteiger partial charge in [-0.2, -0.15) is 0 Å². The van der Waals surface area contributed by atoms with E-state index in [0.29, 0.717) is 22.5 Å². The predicted molar refractivity (Wildman–Crippen MR) is 83.4 cm³/mol. The van der Waals surface area contributed by atoms with Crippen molar-refractivity contribution in [3.05, 3.63) is 59.2 Å². The molecule has 2 aromatic rings. The zero-order valence-electron chi connectivity index (χ0n) is 11.9. The van der Waals surface area contributed by atoms with E-state index in [0.717, 1.165) is 5.56 Å². The quantitative estimate of drug-likeness (QED) is 0.755. The average Bonchev–Trinajstić information content (AvgIpc) is 2.50. The molecule has 0 aliphatic rings. The molecule has 0 aliphatic heterocycles. The zero-order chi connectivity index (χ0) is 15.4. The molecule has 0 fully saturated rings. The van der Waals surface area contributed by atoms with Crippen LogP contribution in [0.25, 0.3) is 0 Å². The number of carbonyl (C=O) groups excluding carboxylic acids is 2. The van der Waals surface area contributed by atoms with Crippen LogP contribution in [-0.2, 0) is 0 Å². The van der Waals surface area contributed by atoms with E-state index in [9.17, 15) is 9.59 Å². The van der Waals surface area contributed by atoms with Gasteiger partial charge in [-0.1, -0.05) is 6.07 Å². The van der Waals surface area contributed by atoms with E-state index in [2.05, 4.69) is 10.6 Å². The first kappa shape index (κ1) is 14.6. The Bertz CT molecular complexity index is 678. The smallest absolute Gasteiger partial charge is 0.256 e. The van der Waals surface area contributed by atoms with Crippen LogP contribution in [0.2, 0.25) is 0 Å². The molecule has 21 heavy (non-hydrogen) atoms. The highest BCUT2D eigenvalue weighted by Gasteiger charge is 2.11. The number of carbonyl (C=O) groups is 2. The Morgan fingerprint density at radius 3 is 2.29 bits per heavy atom. The number of rotatable bonds is 3. The summed E-state index contributed by atoms with van der Waals surface area (Å²) in [6, 6.07) is 11.9. The Hall–Kier alpha value is -2.82. The molecule has 0 saturated carbocycles. The first-order chi connectivity index (χ1) is 10.0. The molecular formula is C16H17N3O2. The molecule has 2 rings (SSSR count). The third-order valence-corrected chi connectivity index (χ3v) is 3.25. The number of nitrogens with one attached hydrogen (secondary N) is 2. The summed E-state index contributed by atoms with van der Waals surface area (Å²) >= 11 is 0. The van der Waals surface area contributed by atoms with Crippen LogP contribution < -0.4 is 16.4 Å². The molecule has 0 aliphatic carbocycles. The molecule has 0 unspecified atom stereocenters. The van der Waals surface area contributed by atoms with Crippen LogP contribution in [0.5, 0.6) is 0 Å². The van der Waals surface area contributed by atoms with Crippen LogP contribution >= 0.6 is 0 Å². The average molecular weight is 283 g/mol. The van der Waals surface area contributed by atoms with Crippen LogP contribution in [0.4, 0.5) is 11.4 Å². The summed E-state index contributed by atoms with van der Waals surface area (Å²) in [4.78, 5) is 23.7. The lowest BCUT2D eigenvalue weighted by atomic mass is 10.1. The maximum absolute atomic E-state index is 12.2. The van der Waals surface area contributed by atoms with E-state index in [1.54, 1.807) is 56.4 Å². The van der Waals surface area contributed by atoms with Gasteiger partial charge in [-0.25, -0.2) is 0 Å². The maximum atomic E-state index is 12.2. The predicted octanol–water partition coefficient (Wildman–Crippen LogP) is 2.19. The third kappa shape index (κ3) is 3.20. The monoisotopic (exact) mass is 283 g/mol. The highest BCUT2D eigenvalue weighted by Crippen LogP contribution is 2.17. The maximum Gasteiger partial charge on any atom is 0.256 e. The largest absolute Gasteiger partial charge is 0.398 e. The number of hydrogen-bond donors (Lipinski definition) is 3. The Morgan fingerprint density at radius 2 is 1.67 bits per heavy atom. The fourth-order valence-corrected chi connectivity index (χ4v) is 1.95. The number of nitrogen functional groups attached to an aromatic ring is 1. The number of amides is 2. The standard InChI is InChI=1S/C16H17N3O2/c1-10-13(4-3-5-14(10)17)16(21)19-12-8-6-11(7-9-12)15(20)18-2/h3-9H,17H2,1-2H3,(H,18,20)(H,19,21).